The van der Waals surface area contributed by atoms with Gasteiger partial charge in [-0.3, -0.25) is 0 Å². The van der Waals surface area contributed by atoms with Crippen molar-refractivity contribution < 1.29 is 9.90 Å². The molecule has 2 N–H and O–H groups in total. The Balaban J connectivity index is 2.42. The van der Waals surface area contributed by atoms with Gasteiger partial charge in [0, 0.05) is 6.54 Å². The molecule has 0 unspecified atom stereocenters. The van der Waals surface area contributed by atoms with Crippen LogP contribution in [0.2, 0.25) is 0 Å². The Morgan fingerprint density at radius 3 is 3.18 bits per heavy atom. The average molecular weight is 169 g/mol. The molecule has 0 aliphatic carbocycles. The standard InChI is InChI=1S/C7H7NO2S/c9-7(10)5-3-4-1-2-8-6(4)11-5/h3,8H,1-2H2,(H,9,10). The number of carboxylic acid groups (broad SMARTS) is 1. The fraction of sp³-hybridized carbons (Fsp3) is 0.286. The van der Waals surface area contributed by atoms with E-state index in [0.717, 1.165) is 23.5 Å². The minimum absolute atomic E-state index is 0.433. The van der Waals surface area contributed by atoms with Gasteiger partial charge in [-0.25, -0.2) is 4.79 Å². The van der Waals surface area contributed by atoms with Crippen LogP contribution in [0.25, 0.3) is 0 Å². The summed E-state index contributed by atoms with van der Waals surface area (Å²) < 4.78 is 0. The highest BCUT2D eigenvalue weighted by molar-refractivity contribution is 7.18. The van der Waals surface area contributed by atoms with Crippen molar-refractivity contribution in [3.8, 4) is 0 Å². The van der Waals surface area contributed by atoms with E-state index >= 15 is 0 Å². The molecule has 1 aliphatic rings. The summed E-state index contributed by atoms with van der Waals surface area (Å²) in [5.41, 5.74) is 1.15. The number of nitrogens with one attached hydrogen (secondary N) is 1. The molecule has 0 radical (unpaired) electrons. The molecule has 4 heteroatoms. The van der Waals surface area contributed by atoms with Crippen molar-refractivity contribution in [3.05, 3.63) is 16.5 Å². The molecular weight excluding hydrogens is 162 g/mol. The molecule has 0 amide bonds. The summed E-state index contributed by atoms with van der Waals surface area (Å²) in [5.74, 6) is -0.828. The molecule has 0 spiro atoms. The fourth-order valence-corrected chi connectivity index (χ4v) is 2.15. The van der Waals surface area contributed by atoms with Crippen LogP contribution >= 0.6 is 11.3 Å². The van der Waals surface area contributed by atoms with Crippen LogP contribution in [-0.2, 0) is 6.42 Å². The zero-order valence-corrected chi connectivity index (χ0v) is 6.57. The van der Waals surface area contributed by atoms with Gasteiger partial charge in [0.25, 0.3) is 0 Å². The summed E-state index contributed by atoms with van der Waals surface area (Å²) >= 11 is 1.32. The van der Waals surface area contributed by atoms with E-state index in [4.69, 9.17) is 5.11 Å². The Hall–Kier alpha value is -1.03. The van der Waals surface area contributed by atoms with E-state index in [1.165, 1.54) is 11.3 Å². The highest BCUT2D eigenvalue weighted by Crippen LogP contribution is 2.31. The number of carboxylic acids is 1. The Labute approximate surface area is 67.7 Å². The molecule has 0 saturated heterocycles. The van der Waals surface area contributed by atoms with Crippen LogP contribution in [0.4, 0.5) is 5.00 Å². The third-order valence-corrected chi connectivity index (χ3v) is 2.82. The smallest absolute Gasteiger partial charge is 0.345 e. The molecule has 1 aromatic heterocycles. The van der Waals surface area contributed by atoms with Gasteiger partial charge in [0.05, 0.1) is 5.00 Å². The zero-order chi connectivity index (χ0) is 7.84. The van der Waals surface area contributed by atoms with Gasteiger partial charge in [0.15, 0.2) is 0 Å². The monoisotopic (exact) mass is 169 g/mol. The minimum Gasteiger partial charge on any atom is -0.477 e. The van der Waals surface area contributed by atoms with Crippen LogP contribution in [-0.4, -0.2) is 17.6 Å². The van der Waals surface area contributed by atoms with E-state index in [2.05, 4.69) is 5.32 Å². The first kappa shape index (κ1) is 6.67. The van der Waals surface area contributed by atoms with Crippen molar-refractivity contribution in [1.82, 2.24) is 0 Å². The second-order valence-corrected chi connectivity index (χ2v) is 3.50. The number of hydrogen-bond donors (Lipinski definition) is 2. The maximum Gasteiger partial charge on any atom is 0.345 e. The Morgan fingerprint density at radius 2 is 2.55 bits per heavy atom. The Bertz CT molecular complexity index is 284. The third-order valence-electron chi connectivity index (χ3n) is 1.70. The van der Waals surface area contributed by atoms with Gasteiger partial charge < -0.3 is 10.4 Å². The van der Waals surface area contributed by atoms with Gasteiger partial charge in [-0.05, 0) is 18.1 Å². The topological polar surface area (TPSA) is 49.3 Å². The molecule has 0 fully saturated rings. The zero-order valence-electron chi connectivity index (χ0n) is 5.76. The second-order valence-electron chi connectivity index (χ2n) is 2.45. The van der Waals surface area contributed by atoms with Crippen molar-refractivity contribution in [1.29, 1.82) is 0 Å². The molecule has 0 saturated carbocycles. The number of fused-ring (bicyclic) bond motifs is 1. The Kier molecular flexibility index (Phi) is 1.35. The molecule has 2 heterocycles. The van der Waals surface area contributed by atoms with Crippen LogP contribution in [0.3, 0.4) is 0 Å². The average Bonchev–Trinajstić information content (AvgIpc) is 2.40. The van der Waals surface area contributed by atoms with E-state index in [1.54, 1.807) is 6.07 Å². The number of carbonyl (C=O) groups is 1. The SMILES string of the molecule is O=C(O)c1cc2c(s1)NCC2. The third kappa shape index (κ3) is 0.991. The largest absolute Gasteiger partial charge is 0.477 e. The van der Waals surface area contributed by atoms with E-state index in [-0.39, 0.29) is 0 Å². The molecule has 1 aromatic rings. The van der Waals surface area contributed by atoms with Crippen molar-refractivity contribution in [2.24, 2.45) is 0 Å². The maximum absolute atomic E-state index is 10.5. The molecule has 11 heavy (non-hydrogen) atoms. The highest BCUT2D eigenvalue weighted by Gasteiger charge is 2.16. The van der Waals surface area contributed by atoms with E-state index in [1.807, 2.05) is 0 Å². The molecule has 58 valence electrons. The quantitative estimate of drug-likeness (QED) is 0.668. The van der Waals surface area contributed by atoms with Crippen LogP contribution in [0.1, 0.15) is 15.2 Å². The molecule has 0 atom stereocenters. The van der Waals surface area contributed by atoms with Gasteiger partial charge in [0.1, 0.15) is 4.88 Å². The van der Waals surface area contributed by atoms with Crippen molar-refractivity contribution in [2.75, 3.05) is 11.9 Å². The lowest BCUT2D eigenvalue weighted by molar-refractivity contribution is 0.0702. The summed E-state index contributed by atoms with van der Waals surface area (Å²) in [6.07, 6.45) is 0.957. The highest BCUT2D eigenvalue weighted by atomic mass is 32.1. The summed E-state index contributed by atoms with van der Waals surface area (Å²) in [6, 6.07) is 1.75. The summed E-state index contributed by atoms with van der Waals surface area (Å²) in [5, 5.41) is 12.8. The lowest BCUT2D eigenvalue weighted by Gasteiger charge is -1.88. The lowest BCUT2D eigenvalue weighted by Crippen LogP contribution is -1.94. The second kappa shape index (κ2) is 2.23. The van der Waals surface area contributed by atoms with Gasteiger partial charge in [-0.1, -0.05) is 0 Å². The number of thiophene rings is 1. The number of rotatable bonds is 1. The minimum atomic E-state index is -0.828. The normalized spacial score (nSPS) is 14.2. The Morgan fingerprint density at radius 1 is 1.73 bits per heavy atom. The first-order valence-electron chi connectivity index (χ1n) is 3.37. The molecule has 0 bridgehead atoms. The van der Waals surface area contributed by atoms with Gasteiger partial charge in [0.2, 0.25) is 0 Å². The fourth-order valence-electron chi connectivity index (χ4n) is 1.18. The van der Waals surface area contributed by atoms with E-state index in [9.17, 15) is 4.79 Å². The first-order valence-corrected chi connectivity index (χ1v) is 4.19. The van der Waals surface area contributed by atoms with Crippen molar-refractivity contribution in [3.63, 3.8) is 0 Å². The predicted octanol–water partition coefficient (Wildman–Crippen LogP) is 1.41. The van der Waals surface area contributed by atoms with Crippen LogP contribution in [0.5, 0.6) is 0 Å². The van der Waals surface area contributed by atoms with E-state index < -0.39 is 5.97 Å². The molecule has 0 aromatic carbocycles. The first-order chi connectivity index (χ1) is 5.27. The summed E-state index contributed by atoms with van der Waals surface area (Å²) in [4.78, 5) is 10.9. The molecule has 3 nitrogen and oxygen atoms in total. The lowest BCUT2D eigenvalue weighted by atomic mass is 10.2. The van der Waals surface area contributed by atoms with Crippen LogP contribution in [0, 0.1) is 0 Å². The molecule has 1 aliphatic heterocycles. The number of anilines is 1. The van der Waals surface area contributed by atoms with Crippen LogP contribution < -0.4 is 5.32 Å². The number of aromatic carboxylic acids is 1. The molecule has 2 rings (SSSR count). The van der Waals surface area contributed by atoms with Gasteiger partial charge >= 0.3 is 5.97 Å². The van der Waals surface area contributed by atoms with Crippen molar-refractivity contribution >= 4 is 22.3 Å². The van der Waals surface area contributed by atoms with Gasteiger partial charge in [-0.2, -0.15) is 0 Å². The number of hydrogen-bond acceptors (Lipinski definition) is 3. The van der Waals surface area contributed by atoms with Gasteiger partial charge in [-0.15, -0.1) is 11.3 Å². The maximum atomic E-state index is 10.5. The summed E-state index contributed by atoms with van der Waals surface area (Å²) in [6.45, 7) is 0.946. The molecular formula is C7H7NO2S. The van der Waals surface area contributed by atoms with E-state index in [0.29, 0.717) is 4.88 Å². The van der Waals surface area contributed by atoms with Crippen molar-refractivity contribution in [2.45, 2.75) is 6.42 Å². The summed E-state index contributed by atoms with van der Waals surface area (Å²) in [7, 11) is 0. The van der Waals surface area contributed by atoms with Crippen LogP contribution in [0.15, 0.2) is 6.07 Å². The predicted molar refractivity (Wildman–Crippen MR) is 43.5 cm³/mol.